The molecule has 584 valence electrons. The molecule has 0 saturated heterocycles. The van der Waals surface area contributed by atoms with Crippen molar-refractivity contribution in [3.8, 4) is 82.6 Å². The second kappa shape index (κ2) is 52.1. The van der Waals surface area contributed by atoms with Gasteiger partial charge < -0.3 is 52.2 Å². The maximum absolute atomic E-state index is 13.6. The van der Waals surface area contributed by atoms with Crippen LogP contribution in [0.25, 0.3) is 21.8 Å². The first-order chi connectivity index (χ1) is 50.5. The molecule has 0 bridgehead atoms. The molecule has 0 radical (unpaired) electrons. The number of aromatic nitrogens is 4. The van der Waals surface area contributed by atoms with Crippen LogP contribution in [-0.4, -0.2) is 96.6 Å². The fourth-order valence-corrected chi connectivity index (χ4v) is 9.26. The molecule has 0 aliphatic carbocycles. The number of ether oxygens (including phenoxy) is 4. The first-order valence-corrected chi connectivity index (χ1v) is 43.7. The first kappa shape index (κ1) is 108. The number of nitrogens with two attached hydrogens (primary N) is 2. The van der Waals surface area contributed by atoms with Crippen LogP contribution in [0.4, 0.5) is 60.6 Å². The summed E-state index contributed by atoms with van der Waals surface area (Å²) in [4.78, 5) is 58.1. The number of nitrogens with zero attached hydrogens (tertiary/aromatic N) is 6. The average Bonchev–Trinajstić information content (AvgIpc) is 0.804. The third kappa shape index (κ3) is 39.7. The number of methoxy groups -OCH3 is 2. The smallest absolute Gasteiger partial charge is 0.870 e. The number of hydrogen-bond acceptors (Lipinski definition) is 19. The number of nitrogens with one attached hydrogen (secondary N) is 1. The van der Waals surface area contributed by atoms with Crippen molar-refractivity contribution in [1.29, 1.82) is 0 Å². The van der Waals surface area contributed by atoms with E-state index in [0.717, 1.165) is 30.3 Å². The van der Waals surface area contributed by atoms with E-state index in [9.17, 15) is 56.2 Å². The topological polar surface area (TPSA) is 364 Å². The van der Waals surface area contributed by atoms with Crippen molar-refractivity contribution in [1.82, 2.24) is 19.9 Å². The second-order valence-corrected chi connectivity index (χ2v) is 41.1. The van der Waals surface area contributed by atoms with E-state index < -0.39 is 69.3 Å². The van der Waals surface area contributed by atoms with Gasteiger partial charge in [-0.15, -0.1) is 35.9 Å². The normalized spacial score (nSPS) is 9.62. The predicted molar refractivity (Wildman–Crippen MR) is 435 cm³/mol. The van der Waals surface area contributed by atoms with Gasteiger partial charge in [0.2, 0.25) is 0 Å². The summed E-state index contributed by atoms with van der Waals surface area (Å²) >= 11 is 11.8. The summed E-state index contributed by atoms with van der Waals surface area (Å²) in [6, 6.07) is 32.5. The van der Waals surface area contributed by atoms with E-state index in [2.05, 4.69) is 137 Å². The van der Waals surface area contributed by atoms with Crippen molar-refractivity contribution in [2.24, 2.45) is 0 Å². The fourth-order valence-electron chi connectivity index (χ4n) is 7.40. The summed E-state index contributed by atoms with van der Waals surface area (Å²) in [5.41, 5.74) is 23.1. The monoisotopic (exact) mass is 1770 g/mol. The minimum atomic E-state index is -1.61. The minimum Gasteiger partial charge on any atom is -0.870 e. The zero-order chi connectivity index (χ0) is 81.4. The number of nitro benzene ring substituents is 2. The second-order valence-electron chi connectivity index (χ2n) is 24.8. The van der Waals surface area contributed by atoms with Gasteiger partial charge in [-0.05, 0) is 123 Å². The molecule has 9 N–H and O–H groups in total. The zero-order valence-electron chi connectivity index (χ0n) is 63.9. The van der Waals surface area contributed by atoms with Gasteiger partial charge in [-0.25, -0.2) is 46.3 Å². The minimum absolute atomic E-state index is 0. The van der Waals surface area contributed by atoms with E-state index in [0.29, 0.717) is 77.1 Å². The Bertz CT molecular complexity index is 5170. The van der Waals surface area contributed by atoms with Crippen molar-refractivity contribution in [2.75, 3.05) is 31.0 Å². The Kier molecular flexibility index (Phi) is 49.6. The number of esters is 2. The summed E-state index contributed by atoms with van der Waals surface area (Å²) in [6.07, 6.45) is 18.1. The van der Waals surface area contributed by atoms with E-state index in [1.807, 2.05) is 19.6 Å². The standard InChI is InChI=1S/C19H14FN3O3.C11H9ClN2O3.C11H12FNO2Si.C11H14FNSi.C8H6FN.C6H3BrFNO2.C6H4BrF.C5H10Si.K.Li.3H2O/c1-4-12-7-13(5-6-15(12)20)23-19-14-8-18(26-11(2)24)17(25-3)9-16(14)21-10-22-19;1-6(15)17-10-3-7-8(4-9(10)16-2)13-5-14-11(7)12;1-16(2,3)7-6-9-8-10(13(14)15)4-5-11(9)12;1-14(2,3)7-6-9-8-10(13)4-5-11(9)12;1-2-6-5-7(10)3-4-8(6)9;7-5-3-4(9(10)11)1-2-6(5)8;7-5-3-1-2-4-6(5)8;1-5-6(2,3)4;;;;;/h1,5-10H,2-3H3,(H,21,22,23);3-5H,1-2H3;4-5,8H,1-3H3;4-5,8H,13H2,1-3H3;1,3-5H,10H2;1-3H;1-4H;1H,2-4H3;;;3*1H2/q;;;;;;;;2*+1;;;/p-2. The molecule has 0 aliphatic rings. The molecule has 10 aromatic rings. The maximum Gasteiger partial charge on any atom is 1.00 e. The van der Waals surface area contributed by atoms with E-state index in [1.165, 1.54) is 95.3 Å². The average molecular weight is 1780 g/mol. The third-order valence-electron chi connectivity index (χ3n) is 12.5. The van der Waals surface area contributed by atoms with Gasteiger partial charge in [-0.2, -0.15) is 0 Å². The molecule has 2 aromatic heterocycles. The van der Waals surface area contributed by atoms with Crippen LogP contribution in [0.15, 0.2) is 161 Å². The van der Waals surface area contributed by atoms with Crippen LogP contribution in [0.2, 0.25) is 64.1 Å². The molecule has 0 atom stereocenters. The van der Waals surface area contributed by atoms with Crippen molar-refractivity contribution in [2.45, 2.75) is 72.8 Å². The van der Waals surface area contributed by atoms with Crippen molar-refractivity contribution in [3.63, 3.8) is 0 Å². The summed E-state index contributed by atoms with van der Waals surface area (Å²) in [5.74, 6) is 8.43. The molecule has 0 amide bonds. The van der Waals surface area contributed by atoms with Crippen molar-refractivity contribution < 1.29 is 151 Å². The summed E-state index contributed by atoms with van der Waals surface area (Å²) in [6.45, 7) is 21.5. The zero-order valence-corrected chi connectivity index (χ0v) is 73.9. The summed E-state index contributed by atoms with van der Waals surface area (Å²) in [7, 11) is -1.21. The Labute approximate surface area is 729 Å². The van der Waals surface area contributed by atoms with Gasteiger partial charge in [-0.1, -0.05) is 106 Å². The van der Waals surface area contributed by atoms with E-state index in [-0.39, 0.29) is 137 Å². The molecule has 22 nitrogen and oxygen atoms in total. The van der Waals surface area contributed by atoms with Crippen LogP contribution in [-0.2, 0) is 9.59 Å². The van der Waals surface area contributed by atoms with Crippen LogP contribution in [0.3, 0.4) is 0 Å². The Balaban J connectivity index is -0.00000126. The number of fused-ring (bicyclic) bond motifs is 2. The molecule has 113 heavy (non-hydrogen) atoms. The molecule has 0 aliphatic heterocycles. The number of carbonyl (C=O) groups excluding carboxylic acids is 2. The van der Waals surface area contributed by atoms with Gasteiger partial charge in [0.15, 0.2) is 23.0 Å². The molecule has 8 aromatic carbocycles. The molecule has 0 unspecified atom stereocenters. The van der Waals surface area contributed by atoms with Crippen LogP contribution in [0.1, 0.15) is 36.1 Å². The van der Waals surface area contributed by atoms with Gasteiger partial charge >= 0.3 is 82.2 Å². The van der Waals surface area contributed by atoms with Crippen molar-refractivity contribution >= 4 is 136 Å². The number of nitro groups is 2. The van der Waals surface area contributed by atoms with Gasteiger partial charge in [0, 0.05) is 78.1 Å². The Morgan fingerprint density at radius 2 is 0.894 bits per heavy atom. The SMILES string of the molecule is C#C[Si](C)(C)C.C#Cc1cc(N)ccc1F.C#Cc1cc(Nc2ncnc3cc(OC)c(OC(C)=O)cc23)ccc1F.COc1cc2ncnc(Cl)c2cc1OC(C)=O.C[Si](C)(C)C#Cc1cc(N)ccc1F.C[Si](C)(C)C#Cc1cc([N+](=O)[O-])ccc1F.Fc1ccccc1Br.O.O=[N+]([O-])c1ccc(F)c(Br)c1.[K+].[Li+].[OH-].[OH-]. The Morgan fingerprint density at radius 1 is 0.513 bits per heavy atom. The number of benzene rings is 8. The number of carbonyl (C=O) groups is 2. The molecule has 0 fully saturated rings. The van der Waals surface area contributed by atoms with E-state index in [1.54, 1.807) is 54.6 Å². The Morgan fingerprint density at radius 3 is 1.29 bits per heavy atom. The summed E-state index contributed by atoms with van der Waals surface area (Å²) < 4.78 is 98.6. The number of anilines is 4. The third-order valence-corrected chi connectivity index (χ3v) is 16.7. The number of rotatable bonds is 8. The number of nitrogen functional groups attached to an aromatic ring is 2. The maximum atomic E-state index is 13.6. The number of hydrogen-bond donors (Lipinski definition) is 3. The predicted octanol–water partition coefficient (Wildman–Crippen LogP) is 12.0. The van der Waals surface area contributed by atoms with Crippen LogP contribution >= 0.6 is 43.5 Å². The molecule has 2 heterocycles. The molecule has 36 heteroatoms. The Hall–Kier alpha value is -9.43. The van der Waals surface area contributed by atoms with E-state index >= 15 is 0 Å². The van der Waals surface area contributed by atoms with Crippen LogP contribution in [0, 0.1) is 115 Å². The van der Waals surface area contributed by atoms with Gasteiger partial charge in [0.25, 0.3) is 11.4 Å². The van der Waals surface area contributed by atoms with Gasteiger partial charge in [0.05, 0.1) is 66.3 Å². The van der Waals surface area contributed by atoms with Crippen LogP contribution < -0.4 is 106 Å². The number of non-ortho nitro benzene ring substituents is 2. The van der Waals surface area contributed by atoms with Gasteiger partial charge in [0.1, 0.15) is 82.8 Å². The molecular formula is C77H76Br2ClF6KLiN9O13Si3. The quantitative estimate of drug-likeness (QED) is 0.0146. The summed E-state index contributed by atoms with van der Waals surface area (Å²) in [5, 5.41) is 25.2. The molecular weight excluding hydrogens is 1700 g/mol. The largest absolute Gasteiger partial charge is 1.00 e. The number of terminal acetylenes is 3. The van der Waals surface area contributed by atoms with Crippen molar-refractivity contribution in [3.05, 3.63) is 244 Å². The van der Waals surface area contributed by atoms with Gasteiger partial charge in [-0.3, -0.25) is 29.8 Å². The van der Waals surface area contributed by atoms with E-state index in [4.69, 9.17) is 61.3 Å². The fraction of sp³-hybridized carbons (Fsp3) is 0.169. The van der Waals surface area contributed by atoms with Crippen LogP contribution in [0.5, 0.6) is 23.0 Å². The molecule has 0 saturated carbocycles. The molecule has 10 rings (SSSR count). The molecule has 0 spiro atoms. The first-order valence-electron chi connectivity index (χ1n) is 31.3. The number of halogens is 9.